The van der Waals surface area contributed by atoms with Crippen molar-refractivity contribution in [2.75, 3.05) is 13.7 Å². The van der Waals surface area contributed by atoms with Gasteiger partial charge in [-0.15, -0.1) is 0 Å². The SMILES string of the molecule is COc1c(C)cc(Cl)cc1[C@@H](N)CO. The number of methoxy groups -OCH3 is 1. The van der Waals surface area contributed by atoms with E-state index < -0.39 is 6.04 Å². The molecule has 0 spiro atoms. The van der Waals surface area contributed by atoms with Gasteiger partial charge in [0.05, 0.1) is 19.8 Å². The molecule has 0 bridgehead atoms. The molecule has 0 saturated carbocycles. The van der Waals surface area contributed by atoms with Crippen LogP contribution in [-0.4, -0.2) is 18.8 Å². The monoisotopic (exact) mass is 215 g/mol. The lowest BCUT2D eigenvalue weighted by Crippen LogP contribution is -2.16. The van der Waals surface area contributed by atoms with E-state index in [1.54, 1.807) is 19.2 Å². The van der Waals surface area contributed by atoms with Gasteiger partial charge in [-0.1, -0.05) is 11.6 Å². The first-order chi connectivity index (χ1) is 6.60. The number of halogens is 1. The van der Waals surface area contributed by atoms with Gasteiger partial charge in [-0.05, 0) is 24.6 Å². The van der Waals surface area contributed by atoms with E-state index in [1.807, 2.05) is 6.92 Å². The second-order valence-electron chi connectivity index (χ2n) is 3.13. The fraction of sp³-hybridized carbons (Fsp3) is 0.400. The highest BCUT2D eigenvalue weighted by Crippen LogP contribution is 2.30. The van der Waals surface area contributed by atoms with Crippen LogP contribution in [-0.2, 0) is 0 Å². The molecule has 0 heterocycles. The van der Waals surface area contributed by atoms with Crippen LogP contribution < -0.4 is 10.5 Å². The summed E-state index contributed by atoms with van der Waals surface area (Å²) in [5.74, 6) is 0.691. The minimum Gasteiger partial charge on any atom is -0.496 e. The van der Waals surface area contributed by atoms with Gasteiger partial charge < -0.3 is 15.6 Å². The summed E-state index contributed by atoms with van der Waals surface area (Å²) >= 11 is 5.89. The molecule has 1 atom stereocenters. The Morgan fingerprint density at radius 2 is 2.21 bits per heavy atom. The van der Waals surface area contributed by atoms with Crippen molar-refractivity contribution in [3.05, 3.63) is 28.3 Å². The van der Waals surface area contributed by atoms with E-state index in [0.29, 0.717) is 10.8 Å². The van der Waals surface area contributed by atoms with E-state index in [4.69, 9.17) is 27.2 Å². The molecule has 0 aliphatic heterocycles. The van der Waals surface area contributed by atoms with Crippen molar-refractivity contribution in [3.8, 4) is 5.75 Å². The predicted molar refractivity (Wildman–Crippen MR) is 56.8 cm³/mol. The van der Waals surface area contributed by atoms with Crippen molar-refractivity contribution in [2.45, 2.75) is 13.0 Å². The summed E-state index contributed by atoms with van der Waals surface area (Å²) < 4.78 is 5.20. The van der Waals surface area contributed by atoms with E-state index >= 15 is 0 Å². The molecule has 0 aliphatic rings. The van der Waals surface area contributed by atoms with E-state index in [0.717, 1.165) is 11.1 Å². The maximum atomic E-state index is 8.97. The molecule has 78 valence electrons. The summed E-state index contributed by atoms with van der Waals surface area (Å²) in [5, 5.41) is 9.57. The van der Waals surface area contributed by atoms with E-state index in [1.165, 1.54) is 0 Å². The highest BCUT2D eigenvalue weighted by Gasteiger charge is 2.14. The zero-order valence-electron chi connectivity index (χ0n) is 8.25. The van der Waals surface area contributed by atoms with Crippen LogP contribution in [0.5, 0.6) is 5.75 Å². The number of hydrogen-bond donors (Lipinski definition) is 2. The molecule has 0 radical (unpaired) electrons. The number of hydrogen-bond acceptors (Lipinski definition) is 3. The third kappa shape index (κ3) is 2.18. The number of ether oxygens (including phenoxy) is 1. The lowest BCUT2D eigenvalue weighted by molar-refractivity contribution is 0.264. The number of rotatable bonds is 3. The fourth-order valence-corrected chi connectivity index (χ4v) is 1.69. The molecule has 4 heteroatoms. The summed E-state index contributed by atoms with van der Waals surface area (Å²) in [6.07, 6.45) is 0. The van der Waals surface area contributed by atoms with Crippen molar-refractivity contribution in [2.24, 2.45) is 5.73 Å². The van der Waals surface area contributed by atoms with Gasteiger partial charge >= 0.3 is 0 Å². The molecule has 3 nitrogen and oxygen atoms in total. The van der Waals surface area contributed by atoms with Crippen LogP contribution in [0.1, 0.15) is 17.2 Å². The number of aliphatic hydroxyl groups is 1. The van der Waals surface area contributed by atoms with Crippen molar-refractivity contribution in [3.63, 3.8) is 0 Å². The predicted octanol–water partition coefficient (Wildman–Crippen LogP) is 1.65. The minimum atomic E-state index is -0.456. The summed E-state index contributed by atoms with van der Waals surface area (Å²) in [6, 6.07) is 3.06. The van der Waals surface area contributed by atoms with Crippen LogP contribution in [0.15, 0.2) is 12.1 Å². The fourth-order valence-electron chi connectivity index (χ4n) is 1.41. The molecule has 1 rings (SSSR count). The highest BCUT2D eigenvalue weighted by atomic mass is 35.5. The zero-order valence-corrected chi connectivity index (χ0v) is 9.01. The third-order valence-corrected chi connectivity index (χ3v) is 2.29. The standard InChI is InChI=1S/C10H14ClNO2/c1-6-3-7(11)4-8(9(12)5-13)10(6)14-2/h3-4,9,13H,5,12H2,1-2H3/t9-/m0/s1. The second kappa shape index (κ2) is 4.64. The van der Waals surface area contributed by atoms with Crippen LogP contribution in [0.4, 0.5) is 0 Å². The van der Waals surface area contributed by atoms with E-state index in [-0.39, 0.29) is 6.61 Å². The van der Waals surface area contributed by atoms with Crippen LogP contribution in [0.25, 0.3) is 0 Å². The summed E-state index contributed by atoms with van der Waals surface area (Å²) in [6.45, 7) is 1.76. The molecule has 0 fully saturated rings. The Bertz CT molecular complexity index is 328. The molecule has 1 aromatic carbocycles. The zero-order chi connectivity index (χ0) is 10.7. The van der Waals surface area contributed by atoms with Crippen molar-refractivity contribution in [1.82, 2.24) is 0 Å². The molecule has 0 aliphatic carbocycles. The van der Waals surface area contributed by atoms with Crippen LogP contribution in [0.2, 0.25) is 5.02 Å². The van der Waals surface area contributed by atoms with Gasteiger partial charge in [0.15, 0.2) is 0 Å². The maximum Gasteiger partial charge on any atom is 0.126 e. The summed E-state index contributed by atoms with van der Waals surface area (Å²) in [4.78, 5) is 0. The Labute approximate surface area is 88.4 Å². The first kappa shape index (κ1) is 11.3. The number of aliphatic hydroxyl groups excluding tert-OH is 1. The first-order valence-corrected chi connectivity index (χ1v) is 4.68. The molecular weight excluding hydrogens is 202 g/mol. The Morgan fingerprint density at radius 1 is 1.57 bits per heavy atom. The molecule has 0 unspecified atom stereocenters. The third-order valence-electron chi connectivity index (χ3n) is 2.07. The lowest BCUT2D eigenvalue weighted by Gasteiger charge is -2.16. The Balaban J connectivity index is 3.24. The summed E-state index contributed by atoms with van der Waals surface area (Å²) in [7, 11) is 1.57. The smallest absolute Gasteiger partial charge is 0.126 e. The number of nitrogens with two attached hydrogens (primary N) is 1. The normalized spacial score (nSPS) is 12.6. The van der Waals surface area contributed by atoms with Gasteiger partial charge in [0.1, 0.15) is 5.75 Å². The minimum absolute atomic E-state index is 0.129. The Kier molecular flexibility index (Phi) is 3.75. The van der Waals surface area contributed by atoms with Crippen molar-refractivity contribution >= 4 is 11.6 Å². The first-order valence-electron chi connectivity index (χ1n) is 4.30. The molecule has 0 saturated heterocycles. The van der Waals surface area contributed by atoms with E-state index in [2.05, 4.69) is 0 Å². The van der Waals surface area contributed by atoms with Crippen LogP contribution >= 0.6 is 11.6 Å². The van der Waals surface area contributed by atoms with Crippen LogP contribution in [0.3, 0.4) is 0 Å². The van der Waals surface area contributed by atoms with Gasteiger partial charge in [0.2, 0.25) is 0 Å². The average molecular weight is 216 g/mol. The molecular formula is C10H14ClNO2. The highest BCUT2D eigenvalue weighted by molar-refractivity contribution is 6.30. The maximum absolute atomic E-state index is 8.97. The van der Waals surface area contributed by atoms with Gasteiger partial charge in [-0.3, -0.25) is 0 Å². The van der Waals surface area contributed by atoms with Gasteiger partial charge in [0.25, 0.3) is 0 Å². The van der Waals surface area contributed by atoms with Crippen LogP contribution in [0, 0.1) is 6.92 Å². The molecule has 0 amide bonds. The Morgan fingerprint density at radius 3 is 2.71 bits per heavy atom. The molecule has 14 heavy (non-hydrogen) atoms. The quantitative estimate of drug-likeness (QED) is 0.806. The number of aryl methyl sites for hydroxylation is 1. The molecule has 3 N–H and O–H groups in total. The van der Waals surface area contributed by atoms with Crippen molar-refractivity contribution in [1.29, 1.82) is 0 Å². The average Bonchev–Trinajstić information content (AvgIpc) is 2.15. The second-order valence-corrected chi connectivity index (χ2v) is 3.57. The summed E-state index contributed by atoms with van der Waals surface area (Å²) in [5.41, 5.74) is 7.37. The van der Waals surface area contributed by atoms with Gasteiger partial charge in [0, 0.05) is 10.6 Å². The molecule has 1 aromatic rings. The van der Waals surface area contributed by atoms with Gasteiger partial charge in [-0.2, -0.15) is 0 Å². The topological polar surface area (TPSA) is 55.5 Å². The largest absolute Gasteiger partial charge is 0.496 e. The Hall–Kier alpha value is -0.770. The van der Waals surface area contributed by atoms with E-state index in [9.17, 15) is 0 Å². The molecule has 0 aromatic heterocycles. The van der Waals surface area contributed by atoms with Crippen molar-refractivity contribution < 1.29 is 9.84 Å². The lowest BCUT2D eigenvalue weighted by atomic mass is 10.0. The number of benzene rings is 1. The van der Waals surface area contributed by atoms with Gasteiger partial charge in [-0.25, -0.2) is 0 Å².